The molecule has 0 unspecified atom stereocenters. The predicted octanol–water partition coefficient (Wildman–Crippen LogP) is 2.73. The summed E-state index contributed by atoms with van der Waals surface area (Å²) in [5, 5.41) is 9.03. The number of carbonyl (C=O) groups is 2. The molecule has 1 saturated heterocycles. The van der Waals surface area contributed by atoms with E-state index >= 15 is 0 Å². The zero-order chi connectivity index (χ0) is 21.3. The van der Waals surface area contributed by atoms with Crippen LogP contribution in [0.2, 0.25) is 0 Å². The molecule has 0 bridgehead atoms. The Hall–Kier alpha value is -2.39. The summed E-state index contributed by atoms with van der Waals surface area (Å²) in [6.07, 6.45) is -0.931. The lowest BCUT2D eigenvalue weighted by molar-refractivity contribution is -0.136. The average molecular weight is 401 g/mol. The quantitative estimate of drug-likeness (QED) is 0.786. The van der Waals surface area contributed by atoms with E-state index in [-0.39, 0.29) is 5.56 Å². The van der Waals surface area contributed by atoms with Gasteiger partial charge in [-0.05, 0) is 38.8 Å². The molecule has 1 N–H and O–H groups in total. The molecule has 1 amide bonds. The minimum Gasteiger partial charge on any atom is -0.481 e. The van der Waals surface area contributed by atoms with E-state index in [1.807, 2.05) is 0 Å². The van der Waals surface area contributed by atoms with Gasteiger partial charge in [0.25, 0.3) is 0 Å². The van der Waals surface area contributed by atoms with Gasteiger partial charge in [0.05, 0.1) is 6.42 Å². The smallest absolute Gasteiger partial charge is 0.481 e. The Morgan fingerprint density at radius 2 is 1.71 bits per heavy atom. The lowest BCUT2D eigenvalue weighted by Crippen LogP contribution is -2.50. The fourth-order valence-electron chi connectivity index (χ4n) is 3.10. The summed E-state index contributed by atoms with van der Waals surface area (Å²) in [5.74, 6) is -1.18. The largest absolute Gasteiger partial charge is 0.509 e. The molecule has 0 saturated carbocycles. The van der Waals surface area contributed by atoms with Crippen LogP contribution in [0.15, 0.2) is 12.1 Å². The highest BCUT2D eigenvalue weighted by Gasteiger charge is 2.30. The Kier molecular flexibility index (Phi) is 6.20. The van der Waals surface area contributed by atoms with E-state index in [4.69, 9.17) is 9.84 Å². The molecule has 1 heterocycles. The first kappa shape index (κ1) is 21.9. The van der Waals surface area contributed by atoms with Gasteiger partial charge in [0, 0.05) is 31.9 Å². The highest BCUT2D eigenvalue weighted by molar-refractivity contribution is 6.73. The van der Waals surface area contributed by atoms with Gasteiger partial charge in [-0.2, -0.15) is 0 Å². The Bertz CT molecular complexity index is 754. The van der Waals surface area contributed by atoms with E-state index in [1.54, 1.807) is 32.6 Å². The summed E-state index contributed by atoms with van der Waals surface area (Å²) in [4.78, 5) is 26.5. The molecule has 0 spiro atoms. The highest BCUT2D eigenvalue weighted by Crippen LogP contribution is 2.26. The number of rotatable bonds is 4. The number of piperazine rings is 1. The standard InChI is InChI=1S/C18H25BF3N2O4/c1-12-13(10-16(25)26)9-14(19(20,21)22)11-15(12)23-5-7-24(8-6-23)17(27)28-18(2,3)4/h9,11H,5-8,10H2,1-4H3,(H,25,26)/q-1. The normalized spacial score (nSPS) is 15.5. The molecule has 156 valence electrons. The average Bonchev–Trinajstić information content (AvgIpc) is 2.54. The summed E-state index contributed by atoms with van der Waals surface area (Å²) in [6.45, 7) is 2.94. The zero-order valence-electron chi connectivity index (χ0n) is 16.5. The van der Waals surface area contributed by atoms with Crippen molar-refractivity contribution in [1.29, 1.82) is 0 Å². The van der Waals surface area contributed by atoms with Crippen LogP contribution in [0.4, 0.5) is 23.4 Å². The minimum atomic E-state index is -5.26. The number of hydrogen-bond acceptors (Lipinski definition) is 4. The number of amides is 1. The number of nitrogens with zero attached hydrogens (tertiary/aromatic N) is 2. The van der Waals surface area contributed by atoms with Crippen LogP contribution in [-0.4, -0.2) is 60.8 Å². The van der Waals surface area contributed by atoms with Crippen molar-refractivity contribution in [2.75, 3.05) is 31.1 Å². The first-order chi connectivity index (χ1) is 12.8. The summed E-state index contributed by atoms with van der Waals surface area (Å²) >= 11 is 0. The molecule has 2 rings (SSSR count). The minimum absolute atomic E-state index is 0.147. The first-order valence-corrected chi connectivity index (χ1v) is 9.06. The molecule has 1 aliphatic rings. The lowest BCUT2D eigenvalue weighted by atomic mass is 9.77. The van der Waals surface area contributed by atoms with Gasteiger partial charge < -0.3 is 32.6 Å². The molecule has 6 nitrogen and oxygen atoms in total. The molecule has 0 aliphatic carbocycles. The number of carboxylic acids is 1. The number of ether oxygens (including phenoxy) is 1. The van der Waals surface area contributed by atoms with Crippen LogP contribution >= 0.6 is 0 Å². The van der Waals surface area contributed by atoms with Crippen LogP contribution in [0.25, 0.3) is 0 Å². The van der Waals surface area contributed by atoms with Gasteiger partial charge in [0.1, 0.15) is 5.60 Å². The molecule has 1 fully saturated rings. The maximum atomic E-state index is 13.3. The number of carbonyl (C=O) groups excluding carboxylic acids is 1. The van der Waals surface area contributed by atoms with Crippen LogP contribution in [0.3, 0.4) is 0 Å². The Balaban J connectivity index is 2.23. The van der Waals surface area contributed by atoms with E-state index in [2.05, 4.69) is 0 Å². The number of halogens is 3. The van der Waals surface area contributed by atoms with Crippen molar-refractivity contribution in [3.8, 4) is 0 Å². The van der Waals surface area contributed by atoms with Crippen molar-refractivity contribution < 1.29 is 32.4 Å². The number of aliphatic carboxylic acids is 1. The van der Waals surface area contributed by atoms with E-state index in [1.165, 1.54) is 4.90 Å². The second kappa shape index (κ2) is 7.93. The molecule has 1 aliphatic heterocycles. The summed E-state index contributed by atoms with van der Waals surface area (Å²) < 4.78 is 45.3. The Morgan fingerprint density at radius 1 is 1.14 bits per heavy atom. The Morgan fingerprint density at radius 3 is 2.18 bits per heavy atom. The van der Waals surface area contributed by atoms with Crippen molar-refractivity contribution in [2.24, 2.45) is 0 Å². The maximum absolute atomic E-state index is 13.3. The highest BCUT2D eigenvalue weighted by atomic mass is 19.4. The van der Waals surface area contributed by atoms with Crippen molar-refractivity contribution in [1.82, 2.24) is 4.90 Å². The summed E-state index contributed by atoms with van der Waals surface area (Å²) in [7, 11) is 0. The topological polar surface area (TPSA) is 70.1 Å². The van der Waals surface area contributed by atoms with Gasteiger partial charge in [-0.15, -0.1) is 5.46 Å². The van der Waals surface area contributed by atoms with Gasteiger partial charge in [-0.1, -0.05) is 12.1 Å². The van der Waals surface area contributed by atoms with E-state index in [0.29, 0.717) is 37.4 Å². The van der Waals surface area contributed by atoms with E-state index in [9.17, 15) is 22.5 Å². The first-order valence-electron chi connectivity index (χ1n) is 9.06. The molecule has 28 heavy (non-hydrogen) atoms. The van der Waals surface area contributed by atoms with Crippen molar-refractivity contribution in [2.45, 2.75) is 39.7 Å². The van der Waals surface area contributed by atoms with Crippen molar-refractivity contribution >= 4 is 30.2 Å². The van der Waals surface area contributed by atoms with Gasteiger partial charge in [-0.25, -0.2) is 4.79 Å². The molecule has 0 aromatic heterocycles. The second-order valence-electron chi connectivity index (χ2n) is 7.92. The van der Waals surface area contributed by atoms with Crippen LogP contribution in [0.5, 0.6) is 0 Å². The Labute approximate surface area is 162 Å². The molecular formula is C18H25BF3N2O4-. The fourth-order valence-corrected chi connectivity index (χ4v) is 3.10. The van der Waals surface area contributed by atoms with Crippen molar-refractivity contribution in [3.63, 3.8) is 0 Å². The zero-order valence-corrected chi connectivity index (χ0v) is 16.5. The predicted molar refractivity (Wildman–Crippen MR) is 101 cm³/mol. The van der Waals surface area contributed by atoms with Gasteiger partial charge >= 0.3 is 19.0 Å². The summed E-state index contributed by atoms with van der Waals surface area (Å²) in [5.41, 5.74) is -0.423. The van der Waals surface area contributed by atoms with E-state index in [0.717, 1.165) is 12.1 Å². The second-order valence-corrected chi connectivity index (χ2v) is 7.92. The van der Waals surface area contributed by atoms with Crippen molar-refractivity contribution in [3.05, 3.63) is 23.3 Å². The molecule has 1 aromatic carbocycles. The number of carboxylic acid groups (broad SMARTS) is 1. The summed E-state index contributed by atoms with van der Waals surface area (Å²) in [6, 6.07) is 1.99. The van der Waals surface area contributed by atoms with Crippen LogP contribution < -0.4 is 10.4 Å². The third-order valence-corrected chi connectivity index (χ3v) is 4.50. The van der Waals surface area contributed by atoms with Gasteiger partial charge in [0.15, 0.2) is 0 Å². The van der Waals surface area contributed by atoms with Crippen LogP contribution in [0.1, 0.15) is 31.9 Å². The third kappa shape index (κ3) is 5.56. The SMILES string of the molecule is Cc1c(CC(=O)O)cc([B-](F)(F)F)cc1N1CCN(C(=O)OC(C)(C)C)CC1. The van der Waals surface area contributed by atoms with Gasteiger partial charge in [0.2, 0.25) is 0 Å². The molecule has 0 radical (unpaired) electrons. The fraction of sp³-hybridized carbons (Fsp3) is 0.556. The number of hydrogen-bond donors (Lipinski definition) is 1. The molecular weight excluding hydrogens is 376 g/mol. The number of anilines is 1. The number of benzene rings is 1. The van der Waals surface area contributed by atoms with Gasteiger partial charge in [-0.3, -0.25) is 4.79 Å². The molecule has 10 heteroatoms. The van der Waals surface area contributed by atoms with Crippen LogP contribution in [-0.2, 0) is 16.0 Å². The lowest BCUT2D eigenvalue weighted by Gasteiger charge is -2.38. The molecule has 0 atom stereocenters. The van der Waals surface area contributed by atoms with E-state index < -0.39 is 36.5 Å². The monoisotopic (exact) mass is 401 g/mol. The maximum Gasteiger partial charge on any atom is 0.509 e. The molecule has 1 aromatic rings. The third-order valence-electron chi connectivity index (χ3n) is 4.50. The van der Waals surface area contributed by atoms with Crippen LogP contribution in [0, 0.1) is 6.92 Å².